The first-order valence-electron chi connectivity index (χ1n) is 15.6. The molecule has 2 bridgehead atoms. The van der Waals surface area contributed by atoms with Crippen LogP contribution in [0.3, 0.4) is 0 Å². The Bertz CT molecular complexity index is 865. The maximum Gasteiger partial charge on any atom is 0.249 e. The number of hydrogen-bond donors (Lipinski definition) is 1. The van der Waals surface area contributed by atoms with Crippen LogP contribution in [0.5, 0.6) is 5.75 Å². The second kappa shape index (κ2) is 18.5. The number of ether oxygens (including phenoxy) is 1. The summed E-state index contributed by atoms with van der Waals surface area (Å²) in [4.78, 5) is 14.1. The van der Waals surface area contributed by atoms with E-state index in [2.05, 4.69) is 67.3 Å². The highest BCUT2D eigenvalue weighted by atomic mass is 16.5. The van der Waals surface area contributed by atoms with Crippen LogP contribution in [0.4, 0.5) is 0 Å². The van der Waals surface area contributed by atoms with Crippen LogP contribution in [0.25, 0.3) is 5.57 Å². The average Bonchev–Trinajstić information content (AvgIpc) is 3.34. The minimum atomic E-state index is -0.377. The van der Waals surface area contributed by atoms with Crippen molar-refractivity contribution in [3.8, 4) is 5.75 Å². The van der Waals surface area contributed by atoms with Crippen molar-refractivity contribution in [2.45, 2.75) is 127 Å². The van der Waals surface area contributed by atoms with E-state index >= 15 is 0 Å². The van der Waals surface area contributed by atoms with Gasteiger partial charge in [0.25, 0.3) is 0 Å². The molecule has 1 aromatic rings. The third-order valence-corrected chi connectivity index (χ3v) is 8.11. The molecule has 0 radical (unpaired) electrons. The Kier molecular flexibility index (Phi) is 17.7. The summed E-state index contributed by atoms with van der Waals surface area (Å²) in [6, 6.07) is 5.67. The van der Waals surface area contributed by atoms with Gasteiger partial charge in [0.1, 0.15) is 5.75 Å². The number of allylic oxidation sites excluding steroid dienone is 1. The van der Waals surface area contributed by atoms with Gasteiger partial charge in [-0.25, -0.2) is 0 Å². The van der Waals surface area contributed by atoms with Gasteiger partial charge in [-0.2, -0.15) is 0 Å². The molecular formula is C35H64N2O2. The van der Waals surface area contributed by atoms with E-state index in [0.29, 0.717) is 11.0 Å². The molecule has 2 fully saturated rings. The SMILES string of the molecule is CC12CCC(C1)C(C)(C)C2.CCC.CCC/C(C)=C(/C(N)=O)c1cccc(OC)c1C.CCCN(C)CCC. The number of amides is 1. The van der Waals surface area contributed by atoms with Gasteiger partial charge in [0.15, 0.2) is 0 Å². The van der Waals surface area contributed by atoms with Crippen LogP contribution in [0.2, 0.25) is 0 Å². The number of hydrogen-bond acceptors (Lipinski definition) is 3. The number of fused-ring (bicyclic) bond motifs is 2. The van der Waals surface area contributed by atoms with Crippen LogP contribution in [0.15, 0.2) is 23.8 Å². The number of benzene rings is 1. The van der Waals surface area contributed by atoms with Crippen LogP contribution < -0.4 is 10.5 Å². The Balaban J connectivity index is 0.000000577. The van der Waals surface area contributed by atoms with Crippen LogP contribution in [-0.2, 0) is 4.79 Å². The Labute approximate surface area is 243 Å². The minimum absolute atomic E-state index is 0.377. The number of methoxy groups -OCH3 is 1. The molecular weight excluding hydrogens is 480 g/mol. The van der Waals surface area contributed by atoms with Gasteiger partial charge >= 0.3 is 0 Å². The molecule has 226 valence electrons. The first-order valence-corrected chi connectivity index (χ1v) is 15.6. The second-order valence-electron chi connectivity index (χ2n) is 12.8. The minimum Gasteiger partial charge on any atom is -0.496 e. The van der Waals surface area contributed by atoms with Gasteiger partial charge in [0, 0.05) is 5.57 Å². The number of rotatable bonds is 9. The summed E-state index contributed by atoms with van der Waals surface area (Å²) in [6.07, 6.45) is 11.7. The maximum absolute atomic E-state index is 11.7. The normalized spacial score (nSPS) is 21.0. The third-order valence-electron chi connectivity index (χ3n) is 8.11. The van der Waals surface area contributed by atoms with E-state index in [1.54, 1.807) is 7.11 Å². The van der Waals surface area contributed by atoms with E-state index in [0.717, 1.165) is 46.6 Å². The van der Waals surface area contributed by atoms with E-state index in [-0.39, 0.29) is 5.91 Å². The van der Waals surface area contributed by atoms with E-state index in [1.807, 2.05) is 32.0 Å². The second-order valence-corrected chi connectivity index (χ2v) is 12.8. The fourth-order valence-corrected chi connectivity index (χ4v) is 6.45. The molecule has 2 aliphatic rings. The fraction of sp³-hybridized carbons (Fsp3) is 0.743. The molecule has 2 saturated carbocycles. The molecule has 2 aliphatic carbocycles. The van der Waals surface area contributed by atoms with Crippen molar-refractivity contribution in [2.75, 3.05) is 27.2 Å². The van der Waals surface area contributed by atoms with Crippen molar-refractivity contribution >= 4 is 11.5 Å². The molecule has 2 unspecified atom stereocenters. The highest BCUT2D eigenvalue weighted by molar-refractivity contribution is 6.20. The maximum atomic E-state index is 11.7. The Morgan fingerprint density at radius 2 is 1.62 bits per heavy atom. The monoisotopic (exact) mass is 544 g/mol. The number of primary amides is 1. The van der Waals surface area contributed by atoms with E-state index in [4.69, 9.17) is 10.5 Å². The topological polar surface area (TPSA) is 55.6 Å². The Morgan fingerprint density at radius 3 is 1.95 bits per heavy atom. The first-order chi connectivity index (χ1) is 18.3. The summed E-state index contributed by atoms with van der Waals surface area (Å²) in [5.74, 6) is 1.45. The summed E-state index contributed by atoms with van der Waals surface area (Å²) in [5, 5.41) is 0. The van der Waals surface area contributed by atoms with Gasteiger partial charge in [0.2, 0.25) is 5.91 Å². The summed E-state index contributed by atoms with van der Waals surface area (Å²) < 4.78 is 5.28. The molecule has 0 saturated heterocycles. The first kappa shape index (κ1) is 37.2. The summed E-state index contributed by atoms with van der Waals surface area (Å²) in [6.45, 7) is 24.5. The van der Waals surface area contributed by atoms with Crippen molar-refractivity contribution < 1.29 is 9.53 Å². The molecule has 4 nitrogen and oxygen atoms in total. The number of nitrogens with zero attached hydrogens (tertiary/aromatic N) is 1. The highest BCUT2D eigenvalue weighted by Gasteiger charge is 2.51. The zero-order chi connectivity index (χ0) is 30.2. The van der Waals surface area contributed by atoms with E-state index < -0.39 is 0 Å². The summed E-state index contributed by atoms with van der Waals surface area (Å²) >= 11 is 0. The largest absolute Gasteiger partial charge is 0.496 e. The predicted octanol–water partition coefficient (Wildman–Crippen LogP) is 9.44. The third kappa shape index (κ3) is 12.5. The zero-order valence-electron chi connectivity index (χ0n) is 27.9. The number of carbonyl (C=O) groups is 1. The number of carbonyl (C=O) groups excluding carboxylic acids is 1. The van der Waals surface area contributed by atoms with Crippen molar-refractivity contribution in [3.63, 3.8) is 0 Å². The quantitative estimate of drug-likeness (QED) is 0.315. The predicted molar refractivity (Wildman–Crippen MR) is 172 cm³/mol. The molecule has 39 heavy (non-hydrogen) atoms. The molecule has 0 spiro atoms. The fourth-order valence-electron chi connectivity index (χ4n) is 6.45. The molecule has 1 amide bonds. The number of nitrogens with two attached hydrogens (primary N) is 1. The molecule has 0 aliphatic heterocycles. The zero-order valence-corrected chi connectivity index (χ0v) is 27.9. The smallest absolute Gasteiger partial charge is 0.249 e. The Hall–Kier alpha value is -1.81. The average molecular weight is 545 g/mol. The molecule has 0 aromatic heterocycles. The molecule has 3 rings (SSSR count). The summed E-state index contributed by atoms with van der Waals surface area (Å²) in [7, 11) is 3.80. The van der Waals surface area contributed by atoms with Crippen molar-refractivity contribution in [1.29, 1.82) is 0 Å². The van der Waals surface area contributed by atoms with Crippen molar-refractivity contribution in [3.05, 3.63) is 34.9 Å². The van der Waals surface area contributed by atoms with Crippen molar-refractivity contribution in [2.24, 2.45) is 22.5 Å². The van der Waals surface area contributed by atoms with Gasteiger partial charge in [-0.3, -0.25) is 4.79 Å². The van der Waals surface area contributed by atoms with Gasteiger partial charge in [-0.15, -0.1) is 0 Å². The van der Waals surface area contributed by atoms with Gasteiger partial charge < -0.3 is 15.4 Å². The van der Waals surface area contributed by atoms with Crippen molar-refractivity contribution in [1.82, 2.24) is 4.90 Å². The van der Waals surface area contributed by atoms with Crippen LogP contribution in [0, 0.1) is 23.7 Å². The van der Waals surface area contributed by atoms with Gasteiger partial charge in [0.05, 0.1) is 7.11 Å². The molecule has 4 heteroatoms. The van der Waals surface area contributed by atoms with Gasteiger partial charge in [-0.05, 0) is 113 Å². The van der Waals surface area contributed by atoms with Gasteiger partial charge in [-0.1, -0.05) is 85.9 Å². The lowest BCUT2D eigenvalue weighted by atomic mass is 9.73. The Morgan fingerprint density at radius 1 is 1.05 bits per heavy atom. The van der Waals surface area contributed by atoms with Crippen LogP contribution in [-0.4, -0.2) is 38.1 Å². The standard InChI is InChI=1S/C15H21NO2.C10H18.C7H17N.C3H8/c1-5-7-10(2)14(15(16)17)12-8-6-9-13(18-4)11(12)3;1-9(2)7-10(3)5-4-8(9)6-10;1-4-6-8(3)7-5-2;1-3-2/h6,8-9H,5,7H2,1-4H3,(H2,16,17);8H,4-7H2,1-3H3;4-7H2,1-3H3;3H2,1-2H3/b14-10+;;;. The van der Waals surface area contributed by atoms with Crippen LogP contribution >= 0.6 is 0 Å². The lowest BCUT2D eigenvalue weighted by molar-refractivity contribution is -0.112. The lowest BCUT2D eigenvalue weighted by Crippen LogP contribution is -2.22. The molecule has 0 heterocycles. The highest BCUT2D eigenvalue weighted by Crippen LogP contribution is 2.62. The molecule has 1 aromatic carbocycles. The molecule has 2 N–H and O–H groups in total. The van der Waals surface area contributed by atoms with E-state index in [1.165, 1.54) is 58.0 Å². The lowest BCUT2D eigenvalue weighted by Gasteiger charge is -2.32. The van der Waals surface area contributed by atoms with Crippen LogP contribution in [0.1, 0.15) is 131 Å². The molecule has 2 atom stereocenters. The van der Waals surface area contributed by atoms with E-state index in [9.17, 15) is 4.79 Å². The summed E-state index contributed by atoms with van der Waals surface area (Å²) in [5.41, 5.74) is 10.4.